The summed E-state index contributed by atoms with van der Waals surface area (Å²) in [7, 11) is 4.45. The molecule has 1 aromatic rings. The minimum Gasteiger partial charge on any atom is -0.462 e. The summed E-state index contributed by atoms with van der Waals surface area (Å²) < 4.78 is 10.7. The van der Waals surface area contributed by atoms with Gasteiger partial charge in [0.25, 0.3) is 0 Å². The van der Waals surface area contributed by atoms with Crippen LogP contribution >= 0.6 is 25.1 Å². The van der Waals surface area contributed by atoms with Gasteiger partial charge in [-0.2, -0.15) is 0 Å². The zero-order valence-corrected chi connectivity index (χ0v) is 22.7. The summed E-state index contributed by atoms with van der Waals surface area (Å²) in [6, 6.07) is 6.74. The molecule has 1 rings (SSSR count). The number of rotatable bonds is 16. The quantitative estimate of drug-likeness (QED) is 0.107. The first-order valence-corrected chi connectivity index (χ1v) is 13.4. The van der Waals surface area contributed by atoms with E-state index in [1.165, 1.54) is 51.4 Å². The number of unbranched alkanes of at least 4 members (excludes halogenated alkanes) is 10. The van der Waals surface area contributed by atoms with E-state index in [4.69, 9.17) is 9.47 Å². The second-order valence-corrected chi connectivity index (χ2v) is 7.35. The summed E-state index contributed by atoms with van der Waals surface area (Å²) >= 11 is 2.41. The van der Waals surface area contributed by atoms with E-state index in [1.54, 1.807) is 24.3 Å². The van der Waals surface area contributed by atoms with Crippen LogP contribution in [0.25, 0.3) is 0 Å². The van der Waals surface area contributed by atoms with Crippen molar-refractivity contribution in [3.8, 4) is 0 Å². The Balaban J connectivity index is 0. The second kappa shape index (κ2) is 24.3. The molecule has 0 saturated heterocycles. The van der Waals surface area contributed by atoms with E-state index in [0.717, 1.165) is 25.7 Å². The van der Waals surface area contributed by atoms with Crippen LogP contribution in [0.2, 0.25) is 0 Å². The molecule has 183 valence electrons. The minimum atomic E-state index is -0.444. The predicted octanol–water partition coefficient (Wildman–Crippen LogP) is 8.25. The zero-order chi connectivity index (χ0) is 22.5. The molecule has 0 unspecified atom stereocenters. The van der Waals surface area contributed by atoms with Crippen molar-refractivity contribution >= 4 is 37.1 Å². The van der Waals surface area contributed by atoms with Gasteiger partial charge >= 0.3 is 11.9 Å². The van der Waals surface area contributed by atoms with E-state index < -0.39 is 11.9 Å². The van der Waals surface area contributed by atoms with Crippen LogP contribution in [-0.4, -0.2) is 25.2 Å². The fourth-order valence-electron chi connectivity index (χ4n) is 3.09. The third kappa shape index (κ3) is 16.9. The van der Waals surface area contributed by atoms with Crippen LogP contribution in [-0.2, 0) is 31.9 Å². The monoisotopic (exact) mass is 611 g/mol. The van der Waals surface area contributed by atoms with Crippen LogP contribution in [0, 0.1) is 0 Å². The van der Waals surface area contributed by atoms with E-state index >= 15 is 0 Å². The number of esters is 2. The maximum absolute atomic E-state index is 12.4. The Morgan fingerprint density at radius 1 is 0.677 bits per heavy atom. The molecule has 0 heterocycles. The molecule has 7 heteroatoms. The molecule has 1 aromatic carbocycles. The van der Waals surface area contributed by atoms with Crippen molar-refractivity contribution in [1.82, 2.24) is 0 Å². The molecule has 0 amide bonds. The van der Waals surface area contributed by atoms with Crippen LogP contribution in [0.3, 0.4) is 0 Å². The Hall–Kier alpha value is -0.330. The number of ether oxygens (including phenoxy) is 2. The number of hydrogen-bond acceptors (Lipinski definition) is 4. The van der Waals surface area contributed by atoms with Crippen molar-refractivity contribution in [2.24, 2.45) is 0 Å². The third-order valence-electron chi connectivity index (χ3n) is 4.83. The van der Waals surface area contributed by atoms with Gasteiger partial charge in [-0.05, 0) is 35.1 Å². The van der Waals surface area contributed by atoms with Gasteiger partial charge in [0.1, 0.15) is 0 Å². The number of benzene rings is 1. The van der Waals surface area contributed by atoms with E-state index in [-0.39, 0.29) is 22.4 Å². The molecule has 0 N–H and O–H groups in total. The van der Waals surface area contributed by atoms with Gasteiger partial charge < -0.3 is 9.47 Å². The van der Waals surface area contributed by atoms with Gasteiger partial charge in [-0.3, -0.25) is 0 Å². The van der Waals surface area contributed by atoms with E-state index in [1.807, 2.05) is 0 Å². The molecule has 0 atom stereocenters. The maximum atomic E-state index is 12.4. The van der Waals surface area contributed by atoms with Gasteiger partial charge in [-0.1, -0.05) is 90.2 Å². The molecule has 4 nitrogen and oxygen atoms in total. The maximum Gasteiger partial charge on any atom is 0.339 e. The van der Waals surface area contributed by atoms with Crippen LogP contribution < -0.4 is 0 Å². The van der Waals surface area contributed by atoms with E-state index in [0.29, 0.717) is 24.3 Å². The Morgan fingerprint density at radius 2 is 1.00 bits per heavy atom. The average molecular weight is 614 g/mol. The van der Waals surface area contributed by atoms with Gasteiger partial charge in [0, 0.05) is 37.4 Å². The van der Waals surface area contributed by atoms with Gasteiger partial charge in [0.2, 0.25) is 0 Å². The molecule has 1 radical (unpaired) electrons. The zero-order valence-electron chi connectivity index (χ0n) is 18.9. The normalized spacial score (nSPS) is 9.81. The predicted molar refractivity (Wildman–Crippen MR) is 129 cm³/mol. The standard InChI is InChI=1S/C24H38O4.Ag.BrCl/c1-3-5-7-9-11-15-19-27-23(25)21-17-13-14-18-22(21)24(26)28-20-16-12-10-8-6-4-2;;1-2/h13-14,17-18H,3-12,15-16,19-20H2,1-2H3;;. The number of carbonyl (C=O) groups excluding carboxylic acids is 2. The summed E-state index contributed by atoms with van der Waals surface area (Å²) in [5.74, 6) is -0.888. The van der Waals surface area contributed by atoms with Crippen molar-refractivity contribution in [2.75, 3.05) is 13.2 Å². The Bertz CT molecular complexity index is 523. The molecule has 0 aliphatic rings. The molecule has 31 heavy (non-hydrogen) atoms. The molecular weight excluding hydrogens is 575 g/mol. The van der Waals surface area contributed by atoms with Crippen molar-refractivity contribution < 1.29 is 41.4 Å². The van der Waals surface area contributed by atoms with Crippen molar-refractivity contribution in [3.63, 3.8) is 0 Å². The number of hydrogen-bond donors (Lipinski definition) is 0. The molecule has 0 fully saturated rings. The number of halogens is 2. The fourth-order valence-corrected chi connectivity index (χ4v) is 3.09. The van der Waals surface area contributed by atoms with Crippen molar-refractivity contribution in [1.29, 1.82) is 0 Å². The summed E-state index contributed by atoms with van der Waals surface area (Å²) in [5.41, 5.74) is 0.586. The Labute approximate surface area is 217 Å². The second-order valence-electron chi connectivity index (χ2n) is 7.35. The summed E-state index contributed by atoms with van der Waals surface area (Å²) in [6.07, 6.45) is 13.6. The molecule has 0 bridgehead atoms. The van der Waals surface area contributed by atoms with Gasteiger partial charge in [0.15, 0.2) is 0 Å². The molecule has 0 aromatic heterocycles. The largest absolute Gasteiger partial charge is 0.462 e. The minimum absolute atomic E-state index is 0. The van der Waals surface area contributed by atoms with Gasteiger partial charge in [-0.25, -0.2) is 9.59 Å². The van der Waals surface area contributed by atoms with Crippen molar-refractivity contribution in [2.45, 2.75) is 90.9 Å². The first-order chi connectivity index (χ1) is 14.7. The van der Waals surface area contributed by atoms with Gasteiger partial charge in [-0.15, -0.1) is 0 Å². The first-order valence-electron chi connectivity index (χ1n) is 11.3. The number of carbonyl (C=O) groups is 2. The molecule has 0 saturated carbocycles. The Morgan fingerprint density at radius 3 is 1.35 bits per heavy atom. The molecule has 0 spiro atoms. The van der Waals surface area contributed by atoms with Crippen LogP contribution in [0.1, 0.15) is 112 Å². The SMILES string of the molecule is CCCCCCCCOC(=O)c1ccccc1C(=O)OCCCCCCCC.ClBr.[Ag]. The summed E-state index contributed by atoms with van der Waals surface area (Å²) in [4.78, 5) is 24.7. The third-order valence-corrected chi connectivity index (χ3v) is 4.83. The van der Waals surface area contributed by atoms with E-state index in [2.05, 4.69) is 39.0 Å². The van der Waals surface area contributed by atoms with Crippen LogP contribution in [0.15, 0.2) is 24.3 Å². The summed E-state index contributed by atoms with van der Waals surface area (Å²) in [5, 5.41) is 0. The molecule has 0 aliphatic carbocycles. The van der Waals surface area contributed by atoms with E-state index in [9.17, 15) is 9.59 Å². The van der Waals surface area contributed by atoms with Gasteiger partial charge in [0.05, 0.1) is 24.3 Å². The van der Waals surface area contributed by atoms with Crippen LogP contribution in [0.4, 0.5) is 0 Å². The molecular formula is C24H38AgBrClO4. The average Bonchev–Trinajstić information content (AvgIpc) is 2.79. The smallest absolute Gasteiger partial charge is 0.339 e. The Kier molecular flexibility index (Phi) is 25.8. The van der Waals surface area contributed by atoms with Crippen molar-refractivity contribution in [3.05, 3.63) is 35.4 Å². The topological polar surface area (TPSA) is 52.6 Å². The fraction of sp³-hybridized carbons (Fsp3) is 0.667. The molecule has 0 aliphatic heterocycles. The first kappa shape index (κ1) is 32.8. The van der Waals surface area contributed by atoms with Crippen LogP contribution in [0.5, 0.6) is 0 Å². The summed E-state index contributed by atoms with van der Waals surface area (Å²) in [6.45, 7) is 5.17.